The molecular weight excluding hydrogens is 322 g/mol. The van der Waals surface area contributed by atoms with Gasteiger partial charge < -0.3 is 10.6 Å². The smallest absolute Gasteiger partial charge is 0.150 e. The summed E-state index contributed by atoms with van der Waals surface area (Å²) in [6, 6.07) is 8.31. The molecule has 138 valence electrons. The van der Waals surface area contributed by atoms with Gasteiger partial charge in [0.1, 0.15) is 5.78 Å². The van der Waals surface area contributed by atoms with E-state index in [4.69, 9.17) is 5.73 Å². The fraction of sp³-hybridized carbons (Fsp3) is 0.545. The van der Waals surface area contributed by atoms with Crippen molar-refractivity contribution in [3.8, 4) is 0 Å². The molecule has 2 heterocycles. The maximum Gasteiger partial charge on any atom is 0.150 e. The maximum atomic E-state index is 12.5. The van der Waals surface area contributed by atoms with Crippen molar-refractivity contribution >= 4 is 22.4 Å². The van der Waals surface area contributed by atoms with E-state index in [0.717, 1.165) is 37.9 Å². The minimum absolute atomic E-state index is 0.231. The number of pyridine rings is 1. The minimum Gasteiger partial charge on any atom is -0.370 e. The van der Waals surface area contributed by atoms with Crippen LogP contribution in [0.1, 0.15) is 38.2 Å². The molecule has 0 amide bonds. The van der Waals surface area contributed by atoms with E-state index >= 15 is 0 Å². The second-order valence-corrected chi connectivity index (χ2v) is 8.45. The van der Waals surface area contributed by atoms with E-state index in [1.165, 1.54) is 16.6 Å². The maximum absolute atomic E-state index is 12.5. The van der Waals surface area contributed by atoms with Crippen LogP contribution in [0.4, 0.5) is 5.69 Å². The molecule has 2 aliphatic rings. The van der Waals surface area contributed by atoms with Crippen molar-refractivity contribution in [3.05, 3.63) is 36.0 Å². The van der Waals surface area contributed by atoms with E-state index in [-0.39, 0.29) is 11.8 Å². The SMILES string of the molecule is Cc1ccc(N2C[C@@H](C)C[C@@H](CC(=O)C(N)C3CC3)C2)c2cccnc12. The van der Waals surface area contributed by atoms with Crippen molar-refractivity contribution in [2.75, 3.05) is 18.0 Å². The Hall–Kier alpha value is -1.94. The Morgan fingerprint density at radius 3 is 2.88 bits per heavy atom. The first kappa shape index (κ1) is 17.5. The largest absolute Gasteiger partial charge is 0.370 e. The number of benzene rings is 1. The monoisotopic (exact) mass is 351 g/mol. The Bertz CT molecular complexity index is 814. The Morgan fingerprint density at radius 2 is 2.12 bits per heavy atom. The van der Waals surface area contributed by atoms with Gasteiger partial charge in [-0.05, 0) is 67.7 Å². The van der Waals surface area contributed by atoms with Crippen LogP contribution in [0.3, 0.4) is 0 Å². The van der Waals surface area contributed by atoms with E-state index in [9.17, 15) is 4.79 Å². The summed E-state index contributed by atoms with van der Waals surface area (Å²) in [5.74, 6) is 1.68. The summed E-state index contributed by atoms with van der Waals surface area (Å²) in [6.45, 7) is 6.37. The fourth-order valence-electron chi connectivity index (χ4n) is 4.54. The molecule has 1 aliphatic carbocycles. The molecule has 1 aliphatic heterocycles. The van der Waals surface area contributed by atoms with Gasteiger partial charge in [0.2, 0.25) is 0 Å². The van der Waals surface area contributed by atoms with Crippen LogP contribution in [0.25, 0.3) is 10.9 Å². The topological polar surface area (TPSA) is 59.2 Å². The molecule has 2 aromatic rings. The van der Waals surface area contributed by atoms with Crippen LogP contribution < -0.4 is 10.6 Å². The average Bonchev–Trinajstić information content (AvgIpc) is 3.46. The third kappa shape index (κ3) is 3.48. The number of nitrogens with zero attached hydrogens (tertiary/aromatic N) is 2. The van der Waals surface area contributed by atoms with E-state index in [1.807, 2.05) is 12.3 Å². The van der Waals surface area contributed by atoms with Gasteiger partial charge in [0.05, 0.1) is 11.6 Å². The molecule has 1 aromatic carbocycles. The normalized spacial score (nSPS) is 24.7. The summed E-state index contributed by atoms with van der Waals surface area (Å²) >= 11 is 0. The van der Waals surface area contributed by atoms with Crippen molar-refractivity contribution in [2.24, 2.45) is 23.5 Å². The Morgan fingerprint density at radius 1 is 1.31 bits per heavy atom. The lowest BCUT2D eigenvalue weighted by Crippen LogP contribution is -2.42. The first-order valence-electron chi connectivity index (χ1n) is 9.90. The van der Waals surface area contributed by atoms with Crippen LogP contribution in [-0.2, 0) is 4.79 Å². The van der Waals surface area contributed by atoms with Crippen molar-refractivity contribution in [1.82, 2.24) is 4.98 Å². The highest BCUT2D eigenvalue weighted by Gasteiger charge is 2.35. The first-order chi connectivity index (χ1) is 12.5. The zero-order valence-electron chi connectivity index (χ0n) is 15.8. The van der Waals surface area contributed by atoms with Gasteiger partial charge in [-0.3, -0.25) is 9.78 Å². The molecule has 0 radical (unpaired) electrons. The summed E-state index contributed by atoms with van der Waals surface area (Å²) in [7, 11) is 0. The van der Waals surface area contributed by atoms with Gasteiger partial charge in [-0.15, -0.1) is 0 Å². The number of rotatable bonds is 5. The van der Waals surface area contributed by atoms with Crippen molar-refractivity contribution in [3.63, 3.8) is 0 Å². The highest BCUT2D eigenvalue weighted by atomic mass is 16.1. The second kappa shape index (κ2) is 6.99. The van der Waals surface area contributed by atoms with Crippen LogP contribution in [0.2, 0.25) is 0 Å². The Balaban J connectivity index is 1.55. The highest BCUT2D eigenvalue weighted by Crippen LogP contribution is 2.36. The highest BCUT2D eigenvalue weighted by molar-refractivity contribution is 5.93. The summed E-state index contributed by atoms with van der Waals surface area (Å²) in [4.78, 5) is 19.6. The van der Waals surface area contributed by atoms with Gasteiger partial charge in [0.15, 0.2) is 0 Å². The minimum atomic E-state index is -0.231. The van der Waals surface area contributed by atoms with Gasteiger partial charge in [-0.2, -0.15) is 0 Å². The number of aryl methyl sites for hydroxylation is 1. The molecule has 1 saturated carbocycles. The summed E-state index contributed by atoms with van der Waals surface area (Å²) in [5, 5.41) is 1.21. The number of hydrogen-bond donors (Lipinski definition) is 1. The zero-order chi connectivity index (χ0) is 18.3. The number of carbonyl (C=O) groups is 1. The average molecular weight is 351 g/mol. The third-order valence-corrected chi connectivity index (χ3v) is 6.03. The quantitative estimate of drug-likeness (QED) is 0.892. The molecule has 1 unspecified atom stereocenters. The molecule has 4 rings (SSSR count). The predicted octanol–water partition coefficient (Wildman–Crippen LogP) is 3.70. The second-order valence-electron chi connectivity index (χ2n) is 8.45. The van der Waals surface area contributed by atoms with Crippen LogP contribution in [-0.4, -0.2) is 29.9 Å². The molecule has 1 aromatic heterocycles. The van der Waals surface area contributed by atoms with Gasteiger partial charge in [0.25, 0.3) is 0 Å². The summed E-state index contributed by atoms with van der Waals surface area (Å²) in [5.41, 5.74) is 9.67. The lowest BCUT2D eigenvalue weighted by molar-refractivity contribution is -0.121. The van der Waals surface area contributed by atoms with Gasteiger partial charge >= 0.3 is 0 Å². The molecular formula is C22H29N3O. The van der Waals surface area contributed by atoms with Crippen LogP contribution in [0, 0.1) is 24.7 Å². The van der Waals surface area contributed by atoms with Gasteiger partial charge in [-0.1, -0.05) is 13.0 Å². The number of piperidine rings is 1. The number of ketones is 1. The van der Waals surface area contributed by atoms with Crippen LogP contribution >= 0.6 is 0 Å². The van der Waals surface area contributed by atoms with Crippen molar-refractivity contribution in [1.29, 1.82) is 0 Å². The lowest BCUT2D eigenvalue weighted by atomic mass is 9.85. The Kier molecular flexibility index (Phi) is 4.70. The number of fused-ring (bicyclic) bond motifs is 1. The van der Waals surface area contributed by atoms with Crippen molar-refractivity contribution in [2.45, 2.75) is 45.6 Å². The van der Waals surface area contributed by atoms with E-state index in [1.54, 1.807) is 0 Å². The van der Waals surface area contributed by atoms with Crippen LogP contribution in [0.15, 0.2) is 30.5 Å². The summed E-state index contributed by atoms with van der Waals surface area (Å²) in [6.07, 6.45) is 5.85. The van der Waals surface area contributed by atoms with E-state index in [0.29, 0.717) is 24.2 Å². The number of Topliss-reactive ketones (excluding diaryl/α,β-unsaturated/α-hetero) is 1. The van der Waals surface area contributed by atoms with E-state index in [2.05, 4.69) is 41.9 Å². The molecule has 3 atom stereocenters. The van der Waals surface area contributed by atoms with Gasteiger partial charge in [0, 0.05) is 36.8 Å². The third-order valence-electron chi connectivity index (χ3n) is 6.03. The molecule has 4 nitrogen and oxygen atoms in total. The molecule has 4 heteroatoms. The van der Waals surface area contributed by atoms with E-state index < -0.39 is 0 Å². The van der Waals surface area contributed by atoms with Crippen molar-refractivity contribution < 1.29 is 4.79 Å². The zero-order valence-corrected chi connectivity index (χ0v) is 15.8. The number of hydrogen-bond acceptors (Lipinski definition) is 4. The number of nitrogens with two attached hydrogens (primary N) is 1. The lowest BCUT2D eigenvalue weighted by Gasteiger charge is -2.38. The number of aromatic nitrogens is 1. The van der Waals surface area contributed by atoms with Crippen LogP contribution in [0.5, 0.6) is 0 Å². The molecule has 26 heavy (non-hydrogen) atoms. The predicted molar refractivity (Wildman–Crippen MR) is 106 cm³/mol. The first-order valence-corrected chi connectivity index (χ1v) is 9.90. The Labute approximate surface area is 155 Å². The molecule has 0 spiro atoms. The number of carbonyl (C=O) groups excluding carboxylic acids is 1. The molecule has 2 N–H and O–H groups in total. The summed E-state index contributed by atoms with van der Waals surface area (Å²) < 4.78 is 0. The fourth-order valence-corrected chi connectivity index (χ4v) is 4.54. The van der Waals surface area contributed by atoms with Gasteiger partial charge in [-0.25, -0.2) is 0 Å². The molecule has 0 bridgehead atoms. The molecule has 2 fully saturated rings. The standard InChI is InChI=1S/C22H29N3O/c1-14-10-16(11-20(26)21(23)17-6-7-17)13-25(12-14)19-8-5-15(2)22-18(19)4-3-9-24-22/h3-5,8-9,14,16-17,21H,6-7,10-13,23H2,1-2H3/t14-,16-,21?/m0/s1. The number of anilines is 1. The molecule has 1 saturated heterocycles.